The summed E-state index contributed by atoms with van der Waals surface area (Å²) in [5.74, 6) is -0.553. The van der Waals surface area contributed by atoms with E-state index in [9.17, 15) is 9.59 Å². The molecule has 0 atom stereocenters. The van der Waals surface area contributed by atoms with Crippen LogP contribution in [0.15, 0.2) is 60.7 Å². The van der Waals surface area contributed by atoms with Crippen LogP contribution >= 0.6 is 34.8 Å². The van der Waals surface area contributed by atoms with Gasteiger partial charge in [-0.25, -0.2) is 0 Å². The number of ether oxygens (including phenoxy) is 1. The molecule has 0 fully saturated rings. The second-order valence-corrected chi connectivity index (χ2v) is 7.25. The summed E-state index contributed by atoms with van der Waals surface area (Å²) < 4.78 is 5.21. The van der Waals surface area contributed by atoms with Gasteiger partial charge < -0.3 is 15.4 Å². The number of methoxy groups -OCH3 is 1. The third kappa shape index (κ3) is 5.21. The fraction of sp³-hybridized carbons (Fsp3) is 0.0476. The normalized spacial score (nSPS) is 10.3. The highest BCUT2D eigenvalue weighted by atomic mass is 35.5. The van der Waals surface area contributed by atoms with Crippen LogP contribution in [-0.4, -0.2) is 18.9 Å². The molecule has 0 bridgehead atoms. The first-order chi connectivity index (χ1) is 13.9. The topological polar surface area (TPSA) is 67.4 Å². The van der Waals surface area contributed by atoms with Crippen LogP contribution in [-0.2, 0) is 0 Å². The Morgan fingerprint density at radius 2 is 1.45 bits per heavy atom. The number of carbonyl (C=O) groups excluding carboxylic acids is 2. The number of anilines is 2. The zero-order valence-corrected chi connectivity index (χ0v) is 17.4. The van der Waals surface area contributed by atoms with Gasteiger partial charge in [0.2, 0.25) is 0 Å². The van der Waals surface area contributed by atoms with Gasteiger partial charge in [-0.05, 0) is 48.5 Å². The Morgan fingerprint density at radius 1 is 0.793 bits per heavy atom. The summed E-state index contributed by atoms with van der Waals surface area (Å²) in [5, 5.41) is 6.51. The smallest absolute Gasteiger partial charge is 0.259 e. The van der Waals surface area contributed by atoms with Gasteiger partial charge in [0.25, 0.3) is 11.8 Å². The first-order valence-electron chi connectivity index (χ1n) is 8.39. The number of rotatable bonds is 5. The van der Waals surface area contributed by atoms with E-state index in [-0.39, 0.29) is 22.2 Å². The molecule has 148 valence electrons. The summed E-state index contributed by atoms with van der Waals surface area (Å²) in [5.41, 5.74) is 1.59. The van der Waals surface area contributed by atoms with Crippen molar-refractivity contribution < 1.29 is 14.3 Å². The highest BCUT2D eigenvalue weighted by Gasteiger charge is 2.17. The van der Waals surface area contributed by atoms with E-state index in [1.54, 1.807) is 48.5 Å². The zero-order chi connectivity index (χ0) is 21.0. The molecule has 3 aromatic rings. The van der Waals surface area contributed by atoms with Crippen molar-refractivity contribution in [2.75, 3.05) is 17.7 Å². The molecule has 0 aliphatic rings. The maximum absolute atomic E-state index is 12.7. The fourth-order valence-corrected chi connectivity index (χ4v) is 3.40. The third-order valence-electron chi connectivity index (χ3n) is 3.92. The van der Waals surface area contributed by atoms with Crippen LogP contribution in [0.5, 0.6) is 5.75 Å². The maximum atomic E-state index is 12.7. The van der Waals surface area contributed by atoms with Gasteiger partial charge in [0.05, 0.1) is 17.7 Å². The predicted octanol–water partition coefficient (Wildman–Crippen LogP) is 6.16. The SMILES string of the molecule is COc1c(Cl)cc(Cl)cc1C(=O)Nc1cccc(NC(=O)c2cccc(Cl)c2)c1. The number of benzene rings is 3. The van der Waals surface area contributed by atoms with Gasteiger partial charge >= 0.3 is 0 Å². The molecule has 0 spiro atoms. The lowest BCUT2D eigenvalue weighted by Crippen LogP contribution is -2.15. The summed E-state index contributed by atoms with van der Waals surface area (Å²) in [7, 11) is 1.41. The second-order valence-electron chi connectivity index (χ2n) is 5.97. The first-order valence-corrected chi connectivity index (χ1v) is 9.52. The number of hydrogen-bond donors (Lipinski definition) is 2. The highest BCUT2D eigenvalue weighted by molar-refractivity contribution is 6.36. The minimum atomic E-state index is -0.454. The average molecular weight is 450 g/mol. The number of amides is 2. The van der Waals surface area contributed by atoms with Crippen molar-refractivity contribution in [1.82, 2.24) is 0 Å². The van der Waals surface area contributed by atoms with Gasteiger partial charge in [-0.2, -0.15) is 0 Å². The standard InChI is InChI=1S/C21H15Cl3N2O3/c1-29-19-17(9-14(23)10-18(19)24)21(28)26-16-7-3-6-15(11-16)25-20(27)12-4-2-5-13(22)8-12/h2-11H,1H3,(H,25,27)(H,26,28). The van der Waals surface area contributed by atoms with E-state index >= 15 is 0 Å². The van der Waals surface area contributed by atoms with E-state index in [0.29, 0.717) is 27.0 Å². The van der Waals surface area contributed by atoms with E-state index < -0.39 is 5.91 Å². The van der Waals surface area contributed by atoms with Gasteiger partial charge in [0, 0.05) is 27.0 Å². The molecule has 5 nitrogen and oxygen atoms in total. The molecule has 29 heavy (non-hydrogen) atoms. The van der Waals surface area contributed by atoms with E-state index in [0.717, 1.165) is 0 Å². The molecule has 3 rings (SSSR count). The Balaban J connectivity index is 1.78. The zero-order valence-electron chi connectivity index (χ0n) is 15.1. The lowest BCUT2D eigenvalue weighted by molar-refractivity contribution is 0.101. The van der Waals surface area contributed by atoms with Gasteiger partial charge in [-0.1, -0.05) is 46.9 Å². The number of nitrogens with one attached hydrogen (secondary N) is 2. The maximum Gasteiger partial charge on any atom is 0.259 e. The molecule has 0 aromatic heterocycles. The van der Waals surface area contributed by atoms with Crippen molar-refractivity contribution in [3.8, 4) is 5.75 Å². The molecule has 0 radical (unpaired) electrons. The summed E-state index contributed by atoms with van der Waals surface area (Å²) >= 11 is 18.0. The lowest BCUT2D eigenvalue weighted by Gasteiger charge is -2.12. The Morgan fingerprint density at radius 3 is 2.10 bits per heavy atom. The minimum absolute atomic E-state index is 0.193. The molecule has 0 saturated carbocycles. The second kappa shape index (κ2) is 9.18. The van der Waals surface area contributed by atoms with Gasteiger partial charge in [-0.3, -0.25) is 9.59 Å². The average Bonchev–Trinajstić information content (AvgIpc) is 2.67. The quantitative estimate of drug-likeness (QED) is 0.490. The number of carbonyl (C=O) groups is 2. The molecular weight excluding hydrogens is 435 g/mol. The summed E-state index contributed by atoms with van der Waals surface area (Å²) in [6.45, 7) is 0. The van der Waals surface area contributed by atoms with Crippen LogP contribution in [0.3, 0.4) is 0 Å². The van der Waals surface area contributed by atoms with Crippen LogP contribution in [0, 0.1) is 0 Å². The highest BCUT2D eigenvalue weighted by Crippen LogP contribution is 2.32. The Labute approximate surface area is 182 Å². The van der Waals surface area contributed by atoms with E-state index in [2.05, 4.69) is 10.6 Å². The predicted molar refractivity (Wildman–Crippen MR) is 117 cm³/mol. The summed E-state index contributed by atoms with van der Waals surface area (Å²) in [6.07, 6.45) is 0. The fourth-order valence-electron chi connectivity index (χ4n) is 2.64. The van der Waals surface area contributed by atoms with Crippen LogP contribution in [0.4, 0.5) is 11.4 Å². The molecule has 2 amide bonds. The van der Waals surface area contributed by atoms with Crippen LogP contribution in [0.2, 0.25) is 15.1 Å². The number of hydrogen-bond acceptors (Lipinski definition) is 3. The largest absolute Gasteiger partial charge is 0.494 e. The molecule has 2 N–H and O–H groups in total. The molecule has 0 aliphatic carbocycles. The van der Waals surface area contributed by atoms with Crippen molar-refractivity contribution in [1.29, 1.82) is 0 Å². The summed E-state index contributed by atoms with van der Waals surface area (Å²) in [6, 6.07) is 16.3. The van der Waals surface area contributed by atoms with Crippen LogP contribution < -0.4 is 15.4 Å². The van der Waals surface area contributed by atoms with Crippen molar-refractivity contribution >= 4 is 58.0 Å². The van der Waals surface area contributed by atoms with Crippen molar-refractivity contribution in [2.45, 2.75) is 0 Å². The minimum Gasteiger partial charge on any atom is -0.494 e. The molecule has 3 aromatic carbocycles. The molecular formula is C21H15Cl3N2O3. The van der Waals surface area contributed by atoms with E-state index in [1.165, 1.54) is 19.2 Å². The van der Waals surface area contributed by atoms with Crippen LogP contribution in [0.25, 0.3) is 0 Å². The van der Waals surface area contributed by atoms with Crippen molar-refractivity contribution in [3.63, 3.8) is 0 Å². The third-order valence-corrected chi connectivity index (χ3v) is 4.66. The Kier molecular flexibility index (Phi) is 6.64. The monoisotopic (exact) mass is 448 g/mol. The first kappa shape index (κ1) is 21.0. The molecule has 0 heterocycles. The van der Waals surface area contributed by atoms with Gasteiger partial charge in [0.1, 0.15) is 5.75 Å². The molecule has 0 saturated heterocycles. The molecule has 0 unspecified atom stereocenters. The molecule has 8 heteroatoms. The van der Waals surface area contributed by atoms with E-state index in [4.69, 9.17) is 39.5 Å². The van der Waals surface area contributed by atoms with Gasteiger partial charge in [-0.15, -0.1) is 0 Å². The molecule has 0 aliphatic heterocycles. The lowest BCUT2D eigenvalue weighted by atomic mass is 10.1. The Hall–Kier alpha value is -2.73. The van der Waals surface area contributed by atoms with Crippen molar-refractivity contribution in [2.24, 2.45) is 0 Å². The van der Waals surface area contributed by atoms with Crippen LogP contribution in [0.1, 0.15) is 20.7 Å². The van der Waals surface area contributed by atoms with Gasteiger partial charge in [0.15, 0.2) is 0 Å². The Bertz CT molecular complexity index is 1090. The van der Waals surface area contributed by atoms with Crippen molar-refractivity contribution in [3.05, 3.63) is 86.9 Å². The van der Waals surface area contributed by atoms with E-state index in [1.807, 2.05) is 0 Å². The number of halogens is 3. The summed E-state index contributed by atoms with van der Waals surface area (Å²) in [4.78, 5) is 25.1.